The van der Waals surface area contributed by atoms with E-state index in [1.165, 1.54) is 100 Å². The lowest BCUT2D eigenvalue weighted by Crippen LogP contribution is -2.61. The summed E-state index contributed by atoms with van der Waals surface area (Å²) in [5, 5.41) is 0. The normalized spacial score (nSPS) is 13.6. The van der Waals surface area contributed by atoms with Crippen molar-refractivity contribution in [1.29, 1.82) is 0 Å². The molecule has 0 amide bonds. The van der Waals surface area contributed by atoms with Gasteiger partial charge in [0.1, 0.15) is 0 Å². The Bertz CT molecular complexity index is 3420. The Labute approximate surface area is 429 Å². The van der Waals surface area contributed by atoms with Crippen LogP contribution in [0.2, 0.25) is 0 Å². The van der Waals surface area contributed by atoms with Crippen LogP contribution in [0.5, 0.6) is 0 Å². The van der Waals surface area contributed by atoms with Gasteiger partial charge in [-0.05, 0) is 150 Å². The van der Waals surface area contributed by atoms with Crippen molar-refractivity contribution < 1.29 is 4.57 Å². The van der Waals surface area contributed by atoms with Crippen molar-refractivity contribution >= 4 is 68.3 Å². The molecule has 0 fully saturated rings. The molecule has 0 saturated heterocycles. The van der Waals surface area contributed by atoms with E-state index < -0.39 is 0 Å². The monoisotopic (exact) mass is 942 g/mol. The van der Waals surface area contributed by atoms with Gasteiger partial charge < -0.3 is 9.80 Å². The number of benzene rings is 8. The third kappa shape index (κ3) is 7.88. The number of fused-ring (bicyclic) bond motifs is 5. The molecule has 9 aromatic rings. The van der Waals surface area contributed by atoms with Gasteiger partial charge in [-0.1, -0.05) is 186 Å². The van der Waals surface area contributed by atoms with Crippen molar-refractivity contribution in [2.24, 2.45) is 7.05 Å². The first-order valence-electron chi connectivity index (χ1n) is 26.0. The number of aromatic amines is 1. The molecule has 8 aromatic carbocycles. The minimum Gasteiger partial charge on any atom is -0.311 e. The molecule has 5 heteroatoms. The highest BCUT2D eigenvalue weighted by Gasteiger charge is 2.45. The van der Waals surface area contributed by atoms with Gasteiger partial charge in [-0.2, -0.15) is 0 Å². The Kier molecular flexibility index (Phi) is 11.0. The average molecular weight is 942 g/mol. The highest BCUT2D eigenvalue weighted by molar-refractivity contribution is 7.00. The number of anilines is 6. The van der Waals surface area contributed by atoms with Gasteiger partial charge in [0.15, 0.2) is 11.0 Å². The molecule has 1 N–H and O–H groups in total. The number of rotatable bonds is 5. The van der Waals surface area contributed by atoms with Crippen molar-refractivity contribution in [2.75, 3.05) is 9.80 Å². The summed E-state index contributed by atoms with van der Waals surface area (Å²) in [6, 6.07) is 62.9. The van der Waals surface area contributed by atoms with E-state index in [0.29, 0.717) is 0 Å². The molecule has 0 radical (unpaired) electrons. The van der Waals surface area contributed by atoms with Crippen LogP contribution in [-0.4, -0.2) is 11.7 Å². The minimum absolute atomic E-state index is 0.0141. The third-order valence-corrected chi connectivity index (χ3v) is 15.7. The maximum Gasteiger partial charge on any atom is 0.288 e. The molecule has 0 bridgehead atoms. The summed E-state index contributed by atoms with van der Waals surface area (Å²) >= 11 is 0. The smallest absolute Gasteiger partial charge is 0.288 e. The summed E-state index contributed by atoms with van der Waals surface area (Å²) in [5.74, 6) is 1.09. The highest BCUT2D eigenvalue weighted by Crippen LogP contribution is 2.50. The average Bonchev–Trinajstić information content (AvgIpc) is 3.67. The molecular formula is C67H70BN4+. The van der Waals surface area contributed by atoms with Crippen LogP contribution < -0.4 is 30.8 Å². The summed E-state index contributed by atoms with van der Waals surface area (Å²) in [6.45, 7) is 30.1. The molecule has 2 aliphatic rings. The van der Waals surface area contributed by atoms with E-state index in [0.717, 1.165) is 22.7 Å². The molecule has 2 aliphatic heterocycles. The summed E-state index contributed by atoms with van der Waals surface area (Å²) in [5.41, 5.74) is 25.8. The van der Waals surface area contributed by atoms with E-state index in [1.54, 1.807) is 0 Å². The first kappa shape index (κ1) is 47.2. The van der Waals surface area contributed by atoms with E-state index >= 15 is 0 Å². The molecule has 0 saturated carbocycles. The van der Waals surface area contributed by atoms with Crippen LogP contribution in [0, 0.1) is 6.92 Å². The van der Waals surface area contributed by atoms with Crippen LogP contribution in [-0.2, 0) is 28.7 Å². The van der Waals surface area contributed by atoms with Gasteiger partial charge in [-0.3, -0.25) is 0 Å². The predicted molar refractivity (Wildman–Crippen MR) is 309 cm³/mol. The number of para-hydroxylation sites is 2. The van der Waals surface area contributed by atoms with E-state index in [9.17, 15) is 0 Å². The van der Waals surface area contributed by atoms with Crippen LogP contribution in [0.3, 0.4) is 0 Å². The third-order valence-electron chi connectivity index (χ3n) is 15.7. The number of nitrogens with one attached hydrogen (secondary N) is 1. The standard InChI is InChI=1S/C67H69BN4/c1-42-24-35-51(61(43-20-16-15-17-21-43)60(42)63-69-54-22-18-19-23-57(54)70(63)14)44-38-58-62-59(39-44)72(50-33-27-46(28-34-50)65(5,6)7)56-37-30-48(67(11,12)13)41-53(56)68(62)52-40-47(66(8,9)10)29-36-55(52)71(58)49-31-25-45(26-32-49)64(2,3)4/h15-41H,1-14H3/p+1. The molecule has 0 spiro atoms. The number of hydrogen-bond donors (Lipinski definition) is 1. The predicted octanol–water partition coefficient (Wildman–Crippen LogP) is 15.6. The Balaban J connectivity index is 1.29. The lowest BCUT2D eigenvalue weighted by molar-refractivity contribution is -0.633. The lowest BCUT2D eigenvalue weighted by Gasteiger charge is -2.45. The Morgan fingerprint density at radius 2 is 0.889 bits per heavy atom. The molecule has 0 unspecified atom stereocenters. The van der Waals surface area contributed by atoms with Gasteiger partial charge in [0.25, 0.3) is 12.5 Å². The van der Waals surface area contributed by atoms with Crippen molar-refractivity contribution in [3.63, 3.8) is 0 Å². The molecule has 4 nitrogen and oxygen atoms in total. The molecule has 360 valence electrons. The largest absolute Gasteiger partial charge is 0.311 e. The second-order valence-corrected chi connectivity index (χ2v) is 24.8. The molecule has 3 heterocycles. The summed E-state index contributed by atoms with van der Waals surface area (Å²) in [7, 11) is 2.19. The number of aromatic nitrogens is 2. The van der Waals surface area contributed by atoms with E-state index in [4.69, 9.17) is 0 Å². The Hall–Kier alpha value is -7.11. The van der Waals surface area contributed by atoms with Gasteiger partial charge in [-0.15, -0.1) is 0 Å². The van der Waals surface area contributed by atoms with Gasteiger partial charge in [0.05, 0.1) is 12.6 Å². The van der Waals surface area contributed by atoms with Gasteiger partial charge in [0.2, 0.25) is 0 Å². The van der Waals surface area contributed by atoms with Crippen molar-refractivity contribution in [1.82, 2.24) is 4.98 Å². The molecule has 0 aliphatic carbocycles. The molecule has 11 rings (SSSR count). The first-order chi connectivity index (χ1) is 34.1. The number of aryl methyl sites for hydroxylation is 2. The fraction of sp³-hybridized carbons (Fsp3) is 0.269. The first-order valence-corrected chi connectivity index (χ1v) is 26.0. The zero-order valence-electron chi connectivity index (χ0n) is 45.0. The van der Waals surface area contributed by atoms with E-state index in [-0.39, 0.29) is 28.4 Å². The van der Waals surface area contributed by atoms with Crippen LogP contribution in [0.15, 0.2) is 164 Å². The minimum atomic E-state index is -0.0502. The second-order valence-electron chi connectivity index (χ2n) is 24.8. The molecule has 72 heavy (non-hydrogen) atoms. The fourth-order valence-electron chi connectivity index (χ4n) is 11.5. The molecule has 0 atom stereocenters. The Morgan fingerprint density at radius 3 is 1.36 bits per heavy atom. The van der Waals surface area contributed by atoms with Crippen molar-refractivity contribution in [3.8, 4) is 33.6 Å². The summed E-state index contributed by atoms with van der Waals surface area (Å²) in [4.78, 5) is 9.05. The summed E-state index contributed by atoms with van der Waals surface area (Å²) in [6.07, 6.45) is 0. The van der Waals surface area contributed by atoms with Gasteiger partial charge in [0, 0.05) is 39.7 Å². The number of imidazole rings is 1. The summed E-state index contributed by atoms with van der Waals surface area (Å²) < 4.78 is 2.33. The number of nitrogens with zero attached hydrogens (tertiary/aromatic N) is 3. The number of hydrogen-bond acceptors (Lipinski definition) is 2. The fourth-order valence-corrected chi connectivity index (χ4v) is 11.5. The quantitative estimate of drug-likeness (QED) is 0.137. The molecular weight excluding hydrogens is 872 g/mol. The highest BCUT2D eigenvalue weighted by atomic mass is 15.2. The Morgan fingerprint density at radius 1 is 0.431 bits per heavy atom. The van der Waals surface area contributed by atoms with E-state index in [1.807, 2.05) is 0 Å². The maximum atomic E-state index is 3.88. The van der Waals surface area contributed by atoms with Crippen LogP contribution in [0.1, 0.15) is 111 Å². The van der Waals surface area contributed by atoms with Crippen molar-refractivity contribution in [2.45, 2.75) is 112 Å². The van der Waals surface area contributed by atoms with Gasteiger partial charge >= 0.3 is 0 Å². The van der Waals surface area contributed by atoms with Gasteiger partial charge in [-0.25, -0.2) is 9.55 Å². The van der Waals surface area contributed by atoms with Crippen LogP contribution in [0.4, 0.5) is 34.1 Å². The van der Waals surface area contributed by atoms with Crippen LogP contribution in [0.25, 0.3) is 44.7 Å². The maximum absolute atomic E-state index is 3.88. The zero-order chi connectivity index (χ0) is 50.8. The molecule has 1 aromatic heterocycles. The van der Waals surface area contributed by atoms with E-state index in [2.05, 4.69) is 280 Å². The lowest BCUT2D eigenvalue weighted by atomic mass is 9.33. The van der Waals surface area contributed by atoms with Crippen molar-refractivity contribution in [3.05, 3.63) is 192 Å². The second kappa shape index (κ2) is 16.7. The SMILES string of the molecule is Cc1ccc(-c2cc3c4c(c2)N(c2ccc(C(C)(C)C)cc2)c2ccc(C(C)(C)C)cc2B4c2cc(C(C)(C)C)ccc2N3c2ccc(C(C)(C)C)cc2)c(-c2ccccc2)c1-c1[nH]c2ccccc2[n+]1C. The number of H-pyrrole nitrogens is 1. The topological polar surface area (TPSA) is 26.1 Å². The zero-order valence-corrected chi connectivity index (χ0v) is 45.0. The van der Waals surface area contributed by atoms with Crippen LogP contribution >= 0.6 is 0 Å².